The number of carbonyl (C=O) groups is 1. The molecular formula is C14H16O4. The van der Waals surface area contributed by atoms with Gasteiger partial charge in [-0.15, -0.1) is 0 Å². The lowest BCUT2D eigenvalue weighted by atomic mass is 9.61. The molecule has 3 fully saturated rings. The van der Waals surface area contributed by atoms with Gasteiger partial charge in [0.2, 0.25) is 0 Å². The molecule has 0 unspecified atom stereocenters. The highest BCUT2D eigenvalue weighted by atomic mass is 16.6. The molecule has 0 bridgehead atoms. The van der Waals surface area contributed by atoms with Crippen LogP contribution in [0.1, 0.15) is 38.4 Å². The first-order valence-electron chi connectivity index (χ1n) is 6.46. The van der Waals surface area contributed by atoms with Gasteiger partial charge in [0.15, 0.2) is 0 Å². The summed E-state index contributed by atoms with van der Waals surface area (Å²) < 4.78 is 16.5. The van der Waals surface area contributed by atoms with Gasteiger partial charge in [-0.2, -0.15) is 0 Å². The van der Waals surface area contributed by atoms with Crippen molar-refractivity contribution in [3.05, 3.63) is 24.2 Å². The van der Waals surface area contributed by atoms with Crippen molar-refractivity contribution in [2.45, 2.75) is 44.5 Å². The summed E-state index contributed by atoms with van der Waals surface area (Å²) in [5, 5.41) is 0. The van der Waals surface area contributed by atoms with Gasteiger partial charge in [0, 0.05) is 11.0 Å². The van der Waals surface area contributed by atoms with Crippen LogP contribution < -0.4 is 0 Å². The molecule has 1 aliphatic carbocycles. The number of furan rings is 1. The molecule has 96 valence electrons. The lowest BCUT2D eigenvalue weighted by Crippen LogP contribution is -2.43. The standard InChI is InChI=1S/C14H16O4/c1-13-5-3-9-14(2,18-9)10(13)12(15)17-11(13)8-4-6-16-7-8/h4,6-7,9-11H,3,5H2,1-2H3/t9-,10+,11-,13+,14-/m0/s1. The summed E-state index contributed by atoms with van der Waals surface area (Å²) in [6.07, 6.45) is 5.31. The fourth-order valence-electron chi connectivity index (χ4n) is 4.09. The minimum Gasteiger partial charge on any atom is -0.472 e. The van der Waals surface area contributed by atoms with Gasteiger partial charge in [0.25, 0.3) is 0 Å². The van der Waals surface area contributed by atoms with E-state index in [2.05, 4.69) is 6.92 Å². The summed E-state index contributed by atoms with van der Waals surface area (Å²) in [5.41, 5.74) is 0.474. The predicted octanol–water partition coefficient (Wildman–Crippen LogP) is 2.45. The summed E-state index contributed by atoms with van der Waals surface area (Å²) in [6, 6.07) is 1.88. The molecule has 0 aromatic carbocycles. The topological polar surface area (TPSA) is 52.0 Å². The molecule has 0 radical (unpaired) electrons. The quantitative estimate of drug-likeness (QED) is 0.566. The second kappa shape index (κ2) is 2.99. The van der Waals surface area contributed by atoms with Crippen LogP contribution in [0.3, 0.4) is 0 Å². The summed E-state index contributed by atoms with van der Waals surface area (Å²) >= 11 is 0. The summed E-state index contributed by atoms with van der Waals surface area (Å²) in [6.45, 7) is 4.18. The highest BCUT2D eigenvalue weighted by Gasteiger charge is 2.73. The van der Waals surface area contributed by atoms with Crippen molar-refractivity contribution in [2.75, 3.05) is 0 Å². The molecule has 18 heavy (non-hydrogen) atoms. The predicted molar refractivity (Wildman–Crippen MR) is 61.7 cm³/mol. The van der Waals surface area contributed by atoms with Gasteiger partial charge in [0.05, 0.1) is 24.5 Å². The first-order valence-corrected chi connectivity index (χ1v) is 6.46. The van der Waals surface area contributed by atoms with Crippen molar-refractivity contribution in [3.8, 4) is 0 Å². The van der Waals surface area contributed by atoms with E-state index in [1.807, 2.05) is 13.0 Å². The Balaban J connectivity index is 1.79. The molecule has 4 heteroatoms. The van der Waals surface area contributed by atoms with E-state index in [9.17, 15) is 4.79 Å². The Kier molecular flexibility index (Phi) is 1.76. The molecule has 4 nitrogen and oxygen atoms in total. The fraction of sp³-hybridized carbons (Fsp3) is 0.643. The number of ether oxygens (including phenoxy) is 2. The first-order chi connectivity index (χ1) is 8.56. The van der Waals surface area contributed by atoms with Gasteiger partial charge in [-0.1, -0.05) is 6.92 Å². The van der Waals surface area contributed by atoms with Gasteiger partial charge in [-0.3, -0.25) is 4.79 Å². The van der Waals surface area contributed by atoms with E-state index < -0.39 is 0 Å². The van der Waals surface area contributed by atoms with E-state index in [0.717, 1.165) is 18.4 Å². The fourth-order valence-corrected chi connectivity index (χ4v) is 4.09. The van der Waals surface area contributed by atoms with Crippen LogP contribution in [0.5, 0.6) is 0 Å². The van der Waals surface area contributed by atoms with E-state index in [1.165, 1.54) is 0 Å². The molecule has 2 aliphatic heterocycles. The van der Waals surface area contributed by atoms with Crippen LogP contribution in [0.15, 0.2) is 23.0 Å². The van der Waals surface area contributed by atoms with Crippen molar-refractivity contribution in [3.63, 3.8) is 0 Å². The zero-order chi connectivity index (χ0) is 12.5. The van der Waals surface area contributed by atoms with E-state index in [4.69, 9.17) is 13.9 Å². The van der Waals surface area contributed by atoms with Gasteiger partial charge in [-0.25, -0.2) is 0 Å². The maximum absolute atomic E-state index is 12.2. The van der Waals surface area contributed by atoms with Gasteiger partial charge in [-0.05, 0) is 25.8 Å². The lowest BCUT2D eigenvalue weighted by molar-refractivity contribution is -0.145. The molecule has 5 atom stereocenters. The molecule has 1 aromatic heterocycles. The summed E-state index contributed by atoms with van der Waals surface area (Å²) in [7, 11) is 0. The van der Waals surface area contributed by atoms with Crippen LogP contribution >= 0.6 is 0 Å². The van der Waals surface area contributed by atoms with Crippen LogP contribution in [-0.2, 0) is 14.3 Å². The number of hydrogen-bond donors (Lipinski definition) is 0. The SMILES string of the molecule is C[C@@]12CC[C@@H]3O[C@]3(C)[C@@H]1C(=O)O[C@H]2c1ccoc1. The average molecular weight is 248 g/mol. The molecule has 0 amide bonds. The molecule has 1 saturated carbocycles. The number of esters is 1. The monoisotopic (exact) mass is 248 g/mol. The van der Waals surface area contributed by atoms with Crippen LogP contribution in [-0.4, -0.2) is 17.7 Å². The van der Waals surface area contributed by atoms with Crippen molar-refractivity contribution >= 4 is 5.97 Å². The van der Waals surface area contributed by atoms with Crippen molar-refractivity contribution in [2.24, 2.45) is 11.3 Å². The second-order valence-corrected chi connectivity index (χ2v) is 6.14. The summed E-state index contributed by atoms with van der Waals surface area (Å²) in [4.78, 5) is 12.2. The lowest BCUT2D eigenvalue weighted by Gasteiger charge is -2.37. The van der Waals surface area contributed by atoms with Crippen LogP contribution in [0.25, 0.3) is 0 Å². The maximum atomic E-state index is 12.2. The first kappa shape index (κ1) is 10.6. The van der Waals surface area contributed by atoms with Gasteiger partial charge >= 0.3 is 5.97 Å². The normalized spacial score (nSPS) is 49.4. The molecule has 2 saturated heterocycles. The van der Waals surface area contributed by atoms with Crippen molar-refractivity contribution < 1.29 is 18.7 Å². The Hall–Kier alpha value is -1.29. The maximum Gasteiger partial charge on any atom is 0.313 e. The van der Waals surface area contributed by atoms with Crippen LogP contribution in [0.4, 0.5) is 0 Å². The van der Waals surface area contributed by atoms with E-state index >= 15 is 0 Å². The molecule has 3 heterocycles. The molecule has 3 aliphatic rings. The zero-order valence-corrected chi connectivity index (χ0v) is 10.5. The molecular weight excluding hydrogens is 232 g/mol. The molecule has 1 aromatic rings. The molecule has 0 spiro atoms. The number of hydrogen-bond acceptors (Lipinski definition) is 4. The van der Waals surface area contributed by atoms with E-state index in [-0.39, 0.29) is 35.1 Å². The molecule has 0 N–H and O–H groups in total. The Labute approximate surface area is 105 Å². The summed E-state index contributed by atoms with van der Waals surface area (Å²) in [5.74, 6) is -0.267. The van der Waals surface area contributed by atoms with E-state index in [0.29, 0.717) is 0 Å². The highest BCUT2D eigenvalue weighted by Crippen LogP contribution is 2.65. The minimum absolute atomic E-state index is 0.117. The van der Waals surface area contributed by atoms with Gasteiger partial charge < -0.3 is 13.9 Å². The number of carbonyl (C=O) groups excluding carboxylic acids is 1. The Morgan fingerprint density at radius 1 is 1.39 bits per heavy atom. The van der Waals surface area contributed by atoms with Crippen molar-refractivity contribution in [1.29, 1.82) is 0 Å². The number of rotatable bonds is 1. The minimum atomic E-state index is -0.303. The number of fused-ring (bicyclic) bond motifs is 3. The second-order valence-electron chi connectivity index (χ2n) is 6.14. The number of cyclic esters (lactones) is 1. The largest absolute Gasteiger partial charge is 0.472 e. The van der Waals surface area contributed by atoms with Crippen LogP contribution in [0, 0.1) is 11.3 Å². The zero-order valence-electron chi connectivity index (χ0n) is 10.5. The smallest absolute Gasteiger partial charge is 0.313 e. The molecule has 4 rings (SSSR count). The van der Waals surface area contributed by atoms with Crippen LogP contribution in [0.2, 0.25) is 0 Å². The number of epoxide rings is 1. The Morgan fingerprint density at radius 2 is 2.22 bits per heavy atom. The third kappa shape index (κ3) is 1.08. The average Bonchev–Trinajstić information content (AvgIpc) is 2.72. The Morgan fingerprint density at radius 3 is 2.94 bits per heavy atom. The Bertz CT molecular complexity index is 508. The van der Waals surface area contributed by atoms with Crippen molar-refractivity contribution in [1.82, 2.24) is 0 Å². The van der Waals surface area contributed by atoms with Gasteiger partial charge in [0.1, 0.15) is 11.7 Å². The van der Waals surface area contributed by atoms with E-state index in [1.54, 1.807) is 12.5 Å². The third-order valence-corrected chi connectivity index (χ3v) is 5.07. The third-order valence-electron chi connectivity index (χ3n) is 5.07. The highest BCUT2D eigenvalue weighted by molar-refractivity contribution is 5.79.